The molecule has 0 saturated carbocycles. The molecule has 432 valence electrons. The summed E-state index contributed by atoms with van der Waals surface area (Å²) < 4.78 is 343. The number of alkyl halides is 24. The van der Waals surface area contributed by atoms with Gasteiger partial charge in [0.1, 0.15) is 6.15 Å². The molecule has 1 aromatic heterocycles. The van der Waals surface area contributed by atoms with E-state index in [-0.39, 0.29) is 5.78 Å². The fourth-order valence-corrected chi connectivity index (χ4v) is 9.26. The number of Topliss-reactive ketones (excluding diaryl/α,β-unsaturated/α-hetero) is 1. The van der Waals surface area contributed by atoms with Crippen molar-refractivity contribution in [3.8, 4) is 11.3 Å². The standard InChI is InChI=1S/C32H12BF24.C21H21N2O/c34-25(35,36)13-1-14(26(37,38)39)6-21(5-13)33(22-7-15(27(40,41)42)2-16(8-22)28(43,44)45,23-9-17(29(46,47)48)3-18(10-23)30(49,50)51)24-11-19(31(52,53)54)4-20(12-24)32(55,56)57;1-15-11-16(2)21(17(3)12-15)19-13-22-9-10-23(19)14-20(24)18-7-5-4-6-8-18/h1-12H;4-13H,14H2,1-3H3/q-1;+1. The van der Waals surface area contributed by atoms with E-state index in [4.69, 9.17) is 0 Å². The number of nitrogens with zero attached hydrogens (tertiary/aromatic N) is 2. The van der Waals surface area contributed by atoms with Gasteiger partial charge in [-0.05, 0) is 56.2 Å². The quantitative estimate of drug-likeness (QED) is 0.0658. The van der Waals surface area contributed by atoms with Gasteiger partial charge in [-0.1, -0.05) is 96.6 Å². The Bertz CT molecular complexity index is 3000. The molecule has 7 rings (SSSR count). The topological polar surface area (TPSA) is 33.8 Å². The first-order valence-corrected chi connectivity index (χ1v) is 22.7. The molecule has 0 fully saturated rings. The van der Waals surface area contributed by atoms with E-state index in [1.807, 2.05) is 47.3 Å². The van der Waals surface area contributed by atoms with E-state index in [1.54, 1.807) is 6.20 Å². The molecule has 0 aliphatic carbocycles. The van der Waals surface area contributed by atoms with Crippen LogP contribution in [0.4, 0.5) is 105 Å². The molecule has 0 spiro atoms. The number of aryl methyl sites for hydroxylation is 3. The number of halogens is 24. The molecule has 1 heterocycles. The van der Waals surface area contributed by atoms with E-state index in [1.165, 1.54) is 16.7 Å². The Labute approximate surface area is 441 Å². The molecule has 6 aromatic carbocycles. The molecule has 0 bridgehead atoms. The van der Waals surface area contributed by atoms with Crippen molar-refractivity contribution in [2.75, 3.05) is 0 Å². The summed E-state index contributed by atoms with van der Waals surface area (Å²) in [5.74, 6) is 0.0930. The van der Waals surface area contributed by atoms with Crippen LogP contribution in [0.1, 0.15) is 71.6 Å². The third-order valence-electron chi connectivity index (χ3n) is 12.6. The second-order valence-corrected chi connectivity index (χ2v) is 18.4. The molecule has 81 heavy (non-hydrogen) atoms. The smallest absolute Gasteiger partial charge is 0.287 e. The molecule has 0 amide bonds. The van der Waals surface area contributed by atoms with Crippen molar-refractivity contribution < 1.29 is 115 Å². The lowest BCUT2D eigenvalue weighted by atomic mass is 9.12. The van der Waals surface area contributed by atoms with E-state index >= 15 is 0 Å². The van der Waals surface area contributed by atoms with E-state index in [0.29, 0.717) is 6.54 Å². The molecule has 0 radical (unpaired) electrons. The zero-order valence-electron chi connectivity index (χ0n) is 40.9. The lowest BCUT2D eigenvalue weighted by molar-refractivity contribution is -0.672. The van der Waals surface area contributed by atoms with Crippen molar-refractivity contribution in [3.63, 3.8) is 0 Å². The number of hydrogen-bond acceptors (Lipinski definition) is 2. The summed E-state index contributed by atoms with van der Waals surface area (Å²) in [6.07, 6.45) is -49.4. The van der Waals surface area contributed by atoms with Gasteiger partial charge in [0.05, 0.1) is 62.5 Å². The number of hydrogen-bond donors (Lipinski definition) is 0. The molecular weight excluding hydrogens is 1150 g/mol. The second-order valence-electron chi connectivity index (χ2n) is 18.4. The van der Waals surface area contributed by atoms with Gasteiger partial charge in [0.2, 0.25) is 18.0 Å². The monoisotopic (exact) mass is 1180 g/mol. The Morgan fingerprint density at radius 3 is 0.938 bits per heavy atom. The molecule has 0 saturated heterocycles. The maximum absolute atomic E-state index is 14.2. The fourth-order valence-electron chi connectivity index (χ4n) is 9.26. The van der Waals surface area contributed by atoms with Crippen LogP contribution in [0.3, 0.4) is 0 Å². The zero-order valence-corrected chi connectivity index (χ0v) is 40.9. The molecule has 28 heteroatoms. The van der Waals surface area contributed by atoms with Crippen molar-refractivity contribution in [1.29, 1.82) is 0 Å². The summed E-state index contributed by atoms with van der Waals surface area (Å²) in [4.78, 5) is 16.9. The van der Waals surface area contributed by atoms with Crippen molar-refractivity contribution in [3.05, 3.63) is 201 Å². The Hall–Kier alpha value is -7.55. The van der Waals surface area contributed by atoms with Crippen LogP contribution in [0.15, 0.2) is 134 Å². The summed E-state index contributed by atoms with van der Waals surface area (Å²) in [6.45, 7) is 6.60. The molecule has 0 unspecified atom stereocenters. The van der Waals surface area contributed by atoms with Gasteiger partial charge in [-0.15, -0.1) is 0 Å². The van der Waals surface area contributed by atoms with Crippen LogP contribution in [0, 0.1) is 20.8 Å². The van der Waals surface area contributed by atoms with E-state index in [9.17, 15) is 110 Å². The minimum absolute atomic E-state index is 0.0930. The van der Waals surface area contributed by atoms with Gasteiger partial charge >= 0.3 is 49.4 Å². The highest BCUT2D eigenvalue weighted by Crippen LogP contribution is 2.42. The minimum Gasteiger partial charge on any atom is -0.287 e. The Morgan fingerprint density at radius 1 is 0.407 bits per heavy atom. The molecule has 7 aromatic rings. The minimum atomic E-state index is -6.13. The van der Waals surface area contributed by atoms with Gasteiger partial charge in [-0.3, -0.25) is 9.78 Å². The highest BCUT2D eigenvalue weighted by atomic mass is 19.4. The van der Waals surface area contributed by atoms with Crippen LogP contribution < -0.4 is 26.4 Å². The molecule has 0 N–H and O–H groups in total. The molecular formula is C53H33BF24N2O. The summed E-state index contributed by atoms with van der Waals surface area (Å²) >= 11 is 0. The molecule has 0 aliphatic heterocycles. The van der Waals surface area contributed by atoms with Crippen molar-refractivity contribution in [2.45, 2.75) is 76.7 Å². The van der Waals surface area contributed by atoms with Gasteiger partial charge in [-0.2, -0.15) is 132 Å². The predicted octanol–water partition coefficient (Wildman–Crippen LogP) is 15.1. The van der Waals surface area contributed by atoms with E-state index in [2.05, 4.69) is 37.9 Å². The summed E-state index contributed by atoms with van der Waals surface area (Å²) in [6, 6.07) is 4.92. The second kappa shape index (κ2) is 21.7. The van der Waals surface area contributed by atoms with Gasteiger partial charge in [0.25, 0.3) is 0 Å². The predicted molar refractivity (Wildman–Crippen MR) is 245 cm³/mol. The average molecular weight is 1180 g/mol. The zero-order chi connectivity index (χ0) is 61.0. The highest BCUT2D eigenvalue weighted by molar-refractivity contribution is 7.20. The first kappa shape index (κ1) is 62.6. The fraction of sp³-hybridized carbons (Fsp3) is 0.226. The van der Waals surface area contributed by atoms with Crippen LogP contribution in [0.5, 0.6) is 0 Å². The molecule has 3 nitrogen and oxygen atoms in total. The van der Waals surface area contributed by atoms with Gasteiger partial charge in [-0.25, -0.2) is 0 Å². The number of ketones is 1. The van der Waals surface area contributed by atoms with Gasteiger partial charge < -0.3 is 0 Å². The maximum Gasteiger partial charge on any atom is 0.416 e. The lowest BCUT2D eigenvalue weighted by Gasteiger charge is -2.46. The maximum atomic E-state index is 14.2. The van der Waals surface area contributed by atoms with Crippen LogP contribution in [-0.4, -0.2) is 16.9 Å². The molecule has 0 aliphatic rings. The van der Waals surface area contributed by atoms with Crippen LogP contribution >= 0.6 is 0 Å². The summed E-state index contributed by atoms with van der Waals surface area (Å²) in [5.41, 5.74) is -23.7. The first-order valence-electron chi connectivity index (χ1n) is 22.7. The van der Waals surface area contributed by atoms with Gasteiger partial charge in [0, 0.05) is 5.56 Å². The number of carbonyl (C=O) groups excluding carboxylic acids is 1. The third kappa shape index (κ3) is 14.1. The normalized spacial score (nSPS) is 13.2. The number of benzene rings is 6. The summed E-state index contributed by atoms with van der Waals surface area (Å²) in [5, 5.41) is 0. The van der Waals surface area contributed by atoms with Crippen molar-refractivity contribution in [2.24, 2.45) is 0 Å². The SMILES string of the molecule is Cc1cc(C)c(-c2cncc[n+]2CC(=O)c2ccccc2)c(C)c1.FC(F)(F)c1cc([B-](c2cc(C(F)(F)F)cc(C(F)(F)F)c2)(c2cc(C(F)(F)F)cc(C(F)(F)F)c2)c2cc(C(F)(F)F)cc(C(F)(F)F)c2)cc(C(F)(F)F)c1. The van der Waals surface area contributed by atoms with E-state index in [0.717, 1.165) is 16.8 Å². The molecule has 0 atom stereocenters. The lowest BCUT2D eigenvalue weighted by Crippen LogP contribution is -2.75. The number of aromatic nitrogens is 2. The van der Waals surface area contributed by atoms with Gasteiger partial charge in [0.15, 0.2) is 6.20 Å². The average Bonchev–Trinajstić information content (AvgIpc) is 3.50. The Kier molecular flexibility index (Phi) is 16.8. The number of rotatable bonds is 8. The van der Waals surface area contributed by atoms with Crippen LogP contribution in [-0.2, 0) is 56.0 Å². The Morgan fingerprint density at radius 2 is 0.679 bits per heavy atom. The van der Waals surface area contributed by atoms with Crippen LogP contribution in [0.25, 0.3) is 11.3 Å². The van der Waals surface area contributed by atoms with Crippen molar-refractivity contribution in [1.82, 2.24) is 4.98 Å². The number of carbonyl (C=O) groups is 1. The van der Waals surface area contributed by atoms with Crippen molar-refractivity contribution >= 4 is 33.8 Å². The van der Waals surface area contributed by atoms with E-state index < -0.39 is 195 Å². The first-order chi connectivity index (χ1) is 36.8. The van der Waals surface area contributed by atoms with Crippen LogP contribution in [0.2, 0.25) is 0 Å². The highest BCUT2D eigenvalue weighted by Gasteiger charge is 2.47. The third-order valence-corrected chi connectivity index (χ3v) is 12.6. The largest absolute Gasteiger partial charge is 0.416 e. The summed E-state index contributed by atoms with van der Waals surface area (Å²) in [7, 11) is 0. The Balaban J connectivity index is 0.000000363.